The van der Waals surface area contributed by atoms with E-state index in [1.54, 1.807) is 0 Å². The quantitative estimate of drug-likeness (QED) is 0.520. The highest BCUT2D eigenvalue weighted by Gasteiger charge is 2.24. The zero-order chi connectivity index (χ0) is 18.8. The maximum Gasteiger partial charge on any atom is 0.0992 e. The minimum Gasteiger partial charge on any atom is -0.388 e. The molecule has 1 atom stereocenters. The van der Waals surface area contributed by atoms with Gasteiger partial charge in [0.1, 0.15) is 0 Å². The second kappa shape index (κ2) is 7.11. The first-order valence-electron chi connectivity index (χ1n) is 9.11. The third kappa shape index (κ3) is 2.91. The highest BCUT2D eigenvalue weighted by Crippen LogP contribution is 2.43. The molecule has 2 heterocycles. The molecule has 0 spiro atoms. The smallest absolute Gasteiger partial charge is 0.0992 e. The van der Waals surface area contributed by atoms with Crippen LogP contribution < -0.4 is 0 Å². The van der Waals surface area contributed by atoms with Crippen LogP contribution in [0.2, 0.25) is 0 Å². The molecule has 132 valence electrons. The molecule has 0 fully saturated rings. The molecule has 3 heteroatoms. The average Bonchev–Trinajstić information content (AvgIpc) is 3.08. The average molecular weight is 352 g/mol. The van der Waals surface area contributed by atoms with Crippen molar-refractivity contribution in [3.63, 3.8) is 0 Å². The molecule has 2 aromatic carbocycles. The number of aliphatic hydroxyl groups excluding tert-OH is 1. The molecule has 3 nitrogen and oxygen atoms in total. The minimum absolute atomic E-state index is 0.587. The van der Waals surface area contributed by atoms with E-state index in [1.165, 1.54) is 0 Å². The highest BCUT2D eigenvalue weighted by molar-refractivity contribution is 5.91. The first-order valence-corrected chi connectivity index (χ1v) is 9.11. The van der Waals surface area contributed by atoms with Crippen molar-refractivity contribution < 1.29 is 5.11 Å². The van der Waals surface area contributed by atoms with Crippen molar-refractivity contribution in [2.45, 2.75) is 19.4 Å². The summed E-state index contributed by atoms with van der Waals surface area (Å²) in [5, 5.41) is 20.3. The Morgan fingerprint density at radius 3 is 2.19 bits per heavy atom. The molecule has 0 amide bonds. The predicted octanol–water partition coefficient (Wildman–Crippen LogP) is 5.59. The molecule has 4 rings (SSSR count). The van der Waals surface area contributed by atoms with Crippen LogP contribution in [0.25, 0.3) is 27.9 Å². The Morgan fingerprint density at radius 2 is 1.59 bits per heavy atom. The number of aromatic nitrogens is 1. The third-order valence-corrected chi connectivity index (χ3v) is 4.94. The lowest BCUT2D eigenvalue weighted by Gasteiger charge is -2.12. The summed E-state index contributed by atoms with van der Waals surface area (Å²) in [6.07, 6.45) is 1.92. The molecule has 4 aromatic rings. The van der Waals surface area contributed by atoms with Gasteiger partial charge in [-0.3, -0.25) is 0 Å². The van der Waals surface area contributed by atoms with E-state index < -0.39 is 6.10 Å². The zero-order valence-corrected chi connectivity index (χ0v) is 15.1. The van der Waals surface area contributed by atoms with E-state index in [0.29, 0.717) is 12.0 Å². The summed E-state index contributed by atoms with van der Waals surface area (Å²) in [6.45, 7) is 1.97. The highest BCUT2D eigenvalue weighted by atomic mass is 16.3. The summed E-state index contributed by atoms with van der Waals surface area (Å²) in [5.74, 6) is 0. The molecule has 1 N–H and O–H groups in total. The lowest BCUT2D eigenvalue weighted by atomic mass is 9.94. The van der Waals surface area contributed by atoms with Crippen molar-refractivity contribution in [2.24, 2.45) is 0 Å². The van der Waals surface area contributed by atoms with Crippen LogP contribution in [0.15, 0.2) is 79.0 Å². The maximum atomic E-state index is 10.9. The van der Waals surface area contributed by atoms with Gasteiger partial charge >= 0.3 is 0 Å². The minimum atomic E-state index is -0.610. The van der Waals surface area contributed by atoms with Crippen LogP contribution in [0.3, 0.4) is 0 Å². The molecule has 0 bridgehead atoms. The lowest BCUT2D eigenvalue weighted by Crippen LogP contribution is -1.97. The van der Waals surface area contributed by atoms with Gasteiger partial charge in [0.2, 0.25) is 0 Å². The normalized spacial score (nSPS) is 12.0. The Labute approximate surface area is 158 Å². The number of nitrogens with zero attached hydrogens (tertiary/aromatic N) is 2. The molecule has 0 aliphatic heterocycles. The molecular formula is C24H20N2O. The van der Waals surface area contributed by atoms with E-state index in [1.807, 2.05) is 61.7 Å². The monoisotopic (exact) mass is 352 g/mol. The maximum absolute atomic E-state index is 10.9. The Morgan fingerprint density at radius 1 is 0.963 bits per heavy atom. The van der Waals surface area contributed by atoms with Gasteiger partial charge in [-0.2, -0.15) is 5.26 Å². The number of fused-ring (bicyclic) bond motifs is 1. The SMILES string of the molecule is CCC(O)c1c(-c2ccccc2)c(-c2ccccc2)n2ccc(C#N)cc12. The Balaban J connectivity index is 2.18. The molecule has 1 unspecified atom stereocenters. The van der Waals surface area contributed by atoms with Gasteiger partial charge in [0.05, 0.1) is 28.9 Å². The van der Waals surface area contributed by atoms with Gasteiger partial charge < -0.3 is 9.51 Å². The van der Waals surface area contributed by atoms with Crippen molar-refractivity contribution in [3.8, 4) is 28.5 Å². The van der Waals surface area contributed by atoms with Gasteiger partial charge in [-0.25, -0.2) is 0 Å². The van der Waals surface area contributed by atoms with E-state index in [-0.39, 0.29) is 0 Å². The summed E-state index contributed by atoms with van der Waals surface area (Å²) < 4.78 is 2.09. The van der Waals surface area contributed by atoms with Crippen molar-refractivity contribution in [3.05, 3.63) is 90.1 Å². The van der Waals surface area contributed by atoms with Crippen molar-refractivity contribution >= 4 is 5.52 Å². The molecule has 0 aliphatic rings. The van der Waals surface area contributed by atoms with Gasteiger partial charge in [0.15, 0.2) is 0 Å². The van der Waals surface area contributed by atoms with E-state index in [9.17, 15) is 10.4 Å². The number of hydrogen-bond donors (Lipinski definition) is 1. The second-order valence-corrected chi connectivity index (χ2v) is 6.58. The van der Waals surface area contributed by atoms with Crippen LogP contribution in [0.4, 0.5) is 0 Å². The summed E-state index contributed by atoms with van der Waals surface area (Å²) in [5.41, 5.74) is 6.52. The third-order valence-electron chi connectivity index (χ3n) is 4.94. The number of benzene rings is 2. The number of hydrogen-bond acceptors (Lipinski definition) is 2. The molecule has 0 aliphatic carbocycles. The van der Waals surface area contributed by atoms with Crippen molar-refractivity contribution in [2.75, 3.05) is 0 Å². The van der Waals surface area contributed by atoms with E-state index in [0.717, 1.165) is 33.5 Å². The number of pyridine rings is 1. The summed E-state index contributed by atoms with van der Waals surface area (Å²) in [6, 6.07) is 26.2. The van der Waals surface area contributed by atoms with Crippen LogP contribution in [0.1, 0.15) is 30.6 Å². The fourth-order valence-corrected chi connectivity index (χ4v) is 3.67. The van der Waals surface area contributed by atoms with E-state index >= 15 is 0 Å². The summed E-state index contributed by atoms with van der Waals surface area (Å²) in [4.78, 5) is 0. The molecule has 0 saturated heterocycles. The fraction of sp³-hybridized carbons (Fsp3) is 0.125. The van der Waals surface area contributed by atoms with E-state index in [4.69, 9.17) is 0 Å². The summed E-state index contributed by atoms with van der Waals surface area (Å²) >= 11 is 0. The zero-order valence-electron chi connectivity index (χ0n) is 15.1. The second-order valence-electron chi connectivity index (χ2n) is 6.58. The standard InChI is InChI=1S/C24H20N2O/c1-2-21(27)23-20-15-17(16-25)13-14-26(20)24(19-11-7-4-8-12-19)22(23)18-9-5-3-6-10-18/h3-15,21,27H,2H2,1H3. The van der Waals surface area contributed by atoms with Crippen LogP contribution in [0.5, 0.6) is 0 Å². The molecule has 0 saturated carbocycles. The summed E-state index contributed by atoms with van der Waals surface area (Å²) in [7, 11) is 0. The van der Waals surface area contributed by atoms with Gasteiger partial charge in [-0.1, -0.05) is 67.6 Å². The Kier molecular flexibility index (Phi) is 4.50. The fourth-order valence-electron chi connectivity index (χ4n) is 3.67. The van der Waals surface area contributed by atoms with Crippen molar-refractivity contribution in [1.29, 1.82) is 5.26 Å². The number of aliphatic hydroxyl groups is 1. The molecule has 0 radical (unpaired) electrons. The number of rotatable bonds is 4. The van der Waals surface area contributed by atoms with Crippen LogP contribution in [0, 0.1) is 11.3 Å². The van der Waals surface area contributed by atoms with Crippen LogP contribution in [-0.2, 0) is 0 Å². The first-order chi connectivity index (χ1) is 13.2. The largest absolute Gasteiger partial charge is 0.388 e. The number of nitriles is 1. The Hall–Kier alpha value is -3.35. The lowest BCUT2D eigenvalue weighted by molar-refractivity contribution is 0.176. The molecular weight excluding hydrogens is 332 g/mol. The van der Waals surface area contributed by atoms with Gasteiger partial charge in [0, 0.05) is 17.3 Å². The van der Waals surface area contributed by atoms with Gasteiger partial charge in [0.25, 0.3) is 0 Å². The van der Waals surface area contributed by atoms with Crippen molar-refractivity contribution in [1.82, 2.24) is 4.40 Å². The van der Waals surface area contributed by atoms with Gasteiger partial charge in [-0.15, -0.1) is 0 Å². The Bertz CT molecular complexity index is 1120. The van der Waals surface area contributed by atoms with Crippen LogP contribution >= 0.6 is 0 Å². The van der Waals surface area contributed by atoms with E-state index in [2.05, 4.69) is 34.7 Å². The van der Waals surface area contributed by atoms with Crippen LogP contribution in [-0.4, -0.2) is 9.51 Å². The molecule has 2 aromatic heterocycles. The van der Waals surface area contributed by atoms with Gasteiger partial charge in [-0.05, 0) is 29.7 Å². The molecule has 27 heavy (non-hydrogen) atoms. The first kappa shape index (κ1) is 17.1. The topological polar surface area (TPSA) is 48.4 Å². The predicted molar refractivity (Wildman–Crippen MR) is 108 cm³/mol.